The lowest BCUT2D eigenvalue weighted by Crippen LogP contribution is -2.51. The van der Waals surface area contributed by atoms with Gasteiger partial charge in [0.2, 0.25) is 5.91 Å². The van der Waals surface area contributed by atoms with Crippen molar-refractivity contribution in [1.82, 2.24) is 10.6 Å². The maximum absolute atomic E-state index is 12.1. The average Bonchev–Trinajstić information content (AvgIpc) is 2.61. The van der Waals surface area contributed by atoms with Gasteiger partial charge in [-0.25, -0.2) is 0 Å². The van der Waals surface area contributed by atoms with Gasteiger partial charge in [0.15, 0.2) is 0 Å². The number of hydrogen-bond acceptors (Lipinski definition) is 2. The van der Waals surface area contributed by atoms with Gasteiger partial charge >= 0.3 is 0 Å². The molecule has 1 amide bonds. The minimum atomic E-state index is -0.267. The molecule has 1 unspecified atom stereocenters. The zero-order chi connectivity index (χ0) is 12.5. The van der Waals surface area contributed by atoms with Crippen molar-refractivity contribution in [1.29, 1.82) is 0 Å². The Labute approximate surface area is 105 Å². The minimum absolute atomic E-state index is 0.210. The first kappa shape index (κ1) is 12.9. The quantitative estimate of drug-likeness (QED) is 0.734. The fourth-order valence-corrected chi connectivity index (χ4v) is 3.26. The Hall–Kier alpha value is -0.570. The van der Waals surface area contributed by atoms with E-state index in [2.05, 4.69) is 10.6 Å². The topological polar surface area (TPSA) is 41.1 Å². The van der Waals surface area contributed by atoms with Gasteiger partial charge in [0.1, 0.15) is 0 Å². The number of piperidine rings is 1. The molecule has 2 rings (SSSR count). The van der Waals surface area contributed by atoms with Crippen LogP contribution in [0, 0.1) is 10.8 Å². The Bertz CT molecular complexity index is 287. The standard InChI is InChI=1S/C14H26N2O/c1-13(2,3)12(17)16-11-5-4-6-14(11)7-9-15-10-8-14/h11,15H,4-10H2,1-3H3,(H,16,17). The summed E-state index contributed by atoms with van der Waals surface area (Å²) in [5.74, 6) is 0.210. The zero-order valence-electron chi connectivity index (χ0n) is 11.4. The lowest BCUT2D eigenvalue weighted by molar-refractivity contribution is -0.130. The van der Waals surface area contributed by atoms with Gasteiger partial charge in [-0.3, -0.25) is 4.79 Å². The van der Waals surface area contributed by atoms with Gasteiger partial charge in [-0.15, -0.1) is 0 Å². The van der Waals surface area contributed by atoms with Crippen LogP contribution < -0.4 is 10.6 Å². The molecule has 1 atom stereocenters. The van der Waals surface area contributed by atoms with Crippen molar-refractivity contribution in [3.05, 3.63) is 0 Å². The van der Waals surface area contributed by atoms with Gasteiger partial charge in [0.05, 0.1) is 0 Å². The first-order chi connectivity index (χ1) is 7.94. The summed E-state index contributed by atoms with van der Waals surface area (Å²) in [4.78, 5) is 12.1. The van der Waals surface area contributed by atoms with E-state index in [1.165, 1.54) is 32.1 Å². The van der Waals surface area contributed by atoms with E-state index in [9.17, 15) is 4.79 Å². The zero-order valence-corrected chi connectivity index (χ0v) is 11.4. The lowest BCUT2D eigenvalue weighted by Gasteiger charge is -2.40. The van der Waals surface area contributed by atoms with E-state index < -0.39 is 0 Å². The Balaban J connectivity index is 2.02. The van der Waals surface area contributed by atoms with E-state index in [1.807, 2.05) is 20.8 Å². The largest absolute Gasteiger partial charge is 0.352 e. The summed E-state index contributed by atoms with van der Waals surface area (Å²) in [5.41, 5.74) is 0.128. The van der Waals surface area contributed by atoms with Gasteiger partial charge in [-0.05, 0) is 44.2 Å². The Morgan fingerprint density at radius 2 is 1.88 bits per heavy atom. The second-order valence-electron chi connectivity index (χ2n) is 6.78. The van der Waals surface area contributed by atoms with Crippen LogP contribution in [0.15, 0.2) is 0 Å². The van der Waals surface area contributed by atoms with Crippen molar-refractivity contribution in [2.24, 2.45) is 10.8 Å². The first-order valence-corrected chi connectivity index (χ1v) is 6.96. The highest BCUT2D eigenvalue weighted by Crippen LogP contribution is 2.45. The lowest BCUT2D eigenvalue weighted by atomic mass is 9.74. The number of carbonyl (C=O) groups is 1. The molecule has 1 aliphatic carbocycles. The van der Waals surface area contributed by atoms with Crippen molar-refractivity contribution in [3.8, 4) is 0 Å². The summed E-state index contributed by atoms with van der Waals surface area (Å²) in [6, 6.07) is 0.413. The van der Waals surface area contributed by atoms with Gasteiger partial charge in [-0.1, -0.05) is 27.2 Å². The maximum Gasteiger partial charge on any atom is 0.225 e. The SMILES string of the molecule is CC(C)(C)C(=O)NC1CCCC12CCNCC2. The number of amides is 1. The second-order valence-corrected chi connectivity index (χ2v) is 6.78. The molecule has 2 N–H and O–H groups in total. The molecule has 2 fully saturated rings. The van der Waals surface area contributed by atoms with Crippen molar-refractivity contribution < 1.29 is 4.79 Å². The second kappa shape index (κ2) is 4.60. The first-order valence-electron chi connectivity index (χ1n) is 6.96. The van der Waals surface area contributed by atoms with Crippen LogP contribution in [0.5, 0.6) is 0 Å². The molecule has 0 radical (unpaired) electrons. The highest BCUT2D eigenvalue weighted by atomic mass is 16.2. The fourth-order valence-electron chi connectivity index (χ4n) is 3.26. The number of hydrogen-bond donors (Lipinski definition) is 2. The minimum Gasteiger partial charge on any atom is -0.352 e. The molecule has 2 aliphatic rings. The monoisotopic (exact) mass is 238 g/mol. The van der Waals surface area contributed by atoms with Crippen molar-refractivity contribution >= 4 is 5.91 Å². The third kappa shape index (κ3) is 2.65. The molecule has 0 aromatic carbocycles. The third-order valence-corrected chi connectivity index (χ3v) is 4.49. The van der Waals surface area contributed by atoms with E-state index in [0.717, 1.165) is 13.1 Å². The summed E-state index contributed by atoms with van der Waals surface area (Å²) in [6.07, 6.45) is 6.19. The summed E-state index contributed by atoms with van der Waals surface area (Å²) in [5, 5.41) is 6.74. The summed E-state index contributed by atoms with van der Waals surface area (Å²) < 4.78 is 0. The molecule has 1 saturated carbocycles. The highest BCUT2D eigenvalue weighted by Gasteiger charge is 2.44. The molecule has 98 valence electrons. The van der Waals surface area contributed by atoms with Gasteiger partial charge in [0.25, 0.3) is 0 Å². The number of carbonyl (C=O) groups excluding carboxylic acids is 1. The Morgan fingerprint density at radius 3 is 2.47 bits per heavy atom. The maximum atomic E-state index is 12.1. The van der Waals surface area contributed by atoms with Crippen LogP contribution in [0.4, 0.5) is 0 Å². The number of nitrogens with one attached hydrogen (secondary N) is 2. The number of rotatable bonds is 1. The van der Waals surface area contributed by atoms with Crippen LogP contribution in [0.2, 0.25) is 0 Å². The molecule has 1 heterocycles. The van der Waals surface area contributed by atoms with Crippen LogP contribution >= 0.6 is 0 Å². The Kier molecular flexibility index (Phi) is 3.48. The molecule has 1 spiro atoms. The Morgan fingerprint density at radius 1 is 1.24 bits per heavy atom. The molecular weight excluding hydrogens is 212 g/mol. The van der Waals surface area contributed by atoms with E-state index in [4.69, 9.17) is 0 Å². The van der Waals surface area contributed by atoms with Crippen LogP contribution in [0.25, 0.3) is 0 Å². The predicted octanol–water partition coefficient (Wildman–Crippen LogP) is 2.07. The van der Waals surface area contributed by atoms with Crippen molar-refractivity contribution in [2.75, 3.05) is 13.1 Å². The van der Waals surface area contributed by atoms with Gasteiger partial charge in [0, 0.05) is 11.5 Å². The predicted molar refractivity (Wildman–Crippen MR) is 69.8 cm³/mol. The molecule has 1 saturated heterocycles. The normalized spacial score (nSPS) is 28.3. The van der Waals surface area contributed by atoms with Crippen molar-refractivity contribution in [3.63, 3.8) is 0 Å². The fraction of sp³-hybridized carbons (Fsp3) is 0.929. The molecule has 0 bridgehead atoms. The molecular formula is C14H26N2O. The molecule has 3 nitrogen and oxygen atoms in total. The molecule has 3 heteroatoms. The summed E-state index contributed by atoms with van der Waals surface area (Å²) >= 11 is 0. The van der Waals surface area contributed by atoms with Crippen LogP contribution in [-0.4, -0.2) is 25.0 Å². The molecule has 17 heavy (non-hydrogen) atoms. The molecule has 0 aromatic rings. The van der Waals surface area contributed by atoms with E-state index in [-0.39, 0.29) is 11.3 Å². The van der Waals surface area contributed by atoms with Gasteiger partial charge in [-0.2, -0.15) is 0 Å². The summed E-state index contributed by atoms with van der Waals surface area (Å²) in [7, 11) is 0. The smallest absolute Gasteiger partial charge is 0.225 e. The molecule has 1 aliphatic heterocycles. The van der Waals surface area contributed by atoms with Crippen LogP contribution in [0.1, 0.15) is 52.9 Å². The third-order valence-electron chi connectivity index (χ3n) is 4.49. The van der Waals surface area contributed by atoms with Gasteiger partial charge < -0.3 is 10.6 Å². The van der Waals surface area contributed by atoms with Crippen molar-refractivity contribution in [2.45, 2.75) is 58.9 Å². The van der Waals surface area contributed by atoms with E-state index in [1.54, 1.807) is 0 Å². The van der Waals surface area contributed by atoms with Crippen LogP contribution in [0.3, 0.4) is 0 Å². The highest BCUT2D eigenvalue weighted by molar-refractivity contribution is 5.81. The molecule has 0 aromatic heterocycles. The van der Waals surface area contributed by atoms with E-state index >= 15 is 0 Å². The summed E-state index contributed by atoms with van der Waals surface area (Å²) in [6.45, 7) is 8.20. The van der Waals surface area contributed by atoms with Crippen LogP contribution in [-0.2, 0) is 4.79 Å². The average molecular weight is 238 g/mol. The van der Waals surface area contributed by atoms with E-state index in [0.29, 0.717) is 11.5 Å².